The molecule has 3 nitrogen and oxygen atoms in total. The number of allylic oxidation sites excluding steroid dienone is 5. The first kappa shape index (κ1) is 13.6. The van der Waals surface area contributed by atoms with E-state index in [1.807, 2.05) is 20.0 Å². The van der Waals surface area contributed by atoms with Crippen LogP contribution in [-0.4, -0.2) is 13.6 Å². The van der Waals surface area contributed by atoms with Crippen LogP contribution in [0.1, 0.15) is 13.3 Å². The number of halogens is 1. The second kappa shape index (κ2) is 5.45. The fourth-order valence-electron chi connectivity index (χ4n) is 2.20. The minimum atomic E-state index is -0.243. The predicted octanol–water partition coefficient (Wildman–Crippen LogP) is 2.24. The van der Waals surface area contributed by atoms with E-state index in [-0.39, 0.29) is 11.7 Å². The highest BCUT2D eigenvalue weighted by molar-refractivity contribution is 5.49. The smallest absolute Gasteiger partial charge is 0.142 e. The van der Waals surface area contributed by atoms with Crippen LogP contribution in [0.15, 0.2) is 58.9 Å². The van der Waals surface area contributed by atoms with Crippen LogP contribution in [0.2, 0.25) is 0 Å². The Bertz CT molecular complexity index is 524. The van der Waals surface area contributed by atoms with Crippen LogP contribution in [0.25, 0.3) is 0 Å². The van der Waals surface area contributed by atoms with E-state index in [0.29, 0.717) is 17.8 Å². The van der Waals surface area contributed by atoms with Gasteiger partial charge in [0.2, 0.25) is 0 Å². The molecule has 19 heavy (non-hydrogen) atoms. The van der Waals surface area contributed by atoms with Crippen LogP contribution >= 0.6 is 0 Å². The Kier molecular flexibility index (Phi) is 3.90. The molecule has 0 radical (unpaired) electrons. The number of hydrogen-bond acceptors (Lipinski definition) is 3. The van der Waals surface area contributed by atoms with Gasteiger partial charge in [-0.05, 0) is 24.3 Å². The van der Waals surface area contributed by atoms with E-state index in [9.17, 15) is 4.39 Å². The zero-order valence-corrected chi connectivity index (χ0v) is 11.4. The summed E-state index contributed by atoms with van der Waals surface area (Å²) in [6.45, 7) is 6.61. The van der Waals surface area contributed by atoms with Crippen molar-refractivity contribution in [3.05, 3.63) is 58.9 Å². The Morgan fingerprint density at radius 3 is 2.84 bits per heavy atom. The fourth-order valence-corrected chi connectivity index (χ4v) is 2.20. The molecule has 1 unspecified atom stereocenters. The molecule has 0 heterocycles. The van der Waals surface area contributed by atoms with Crippen molar-refractivity contribution < 1.29 is 4.39 Å². The minimum Gasteiger partial charge on any atom is -0.397 e. The zero-order valence-electron chi connectivity index (χ0n) is 11.4. The van der Waals surface area contributed by atoms with E-state index in [0.717, 1.165) is 23.4 Å². The Hall–Kier alpha value is -1.81. The molecule has 0 amide bonds. The molecule has 2 aliphatic rings. The highest BCUT2D eigenvalue weighted by Crippen LogP contribution is 2.35. The third-order valence-electron chi connectivity index (χ3n) is 3.56. The van der Waals surface area contributed by atoms with Gasteiger partial charge < -0.3 is 16.4 Å². The van der Waals surface area contributed by atoms with Gasteiger partial charge in [-0.25, -0.2) is 4.39 Å². The molecule has 0 bridgehead atoms. The average molecular weight is 261 g/mol. The molecule has 0 aliphatic heterocycles. The Morgan fingerprint density at radius 1 is 1.47 bits per heavy atom. The Labute approximate surface area is 113 Å². The normalized spacial score (nSPS) is 23.2. The molecule has 4 heteroatoms. The number of rotatable bonds is 4. The number of likely N-dealkylation sites (N-methyl/N-ethyl adjacent to an activating group) is 1. The summed E-state index contributed by atoms with van der Waals surface area (Å²) in [4.78, 5) is 0. The summed E-state index contributed by atoms with van der Waals surface area (Å²) in [6.07, 6.45) is 5.83. The summed E-state index contributed by atoms with van der Waals surface area (Å²) >= 11 is 0. The summed E-state index contributed by atoms with van der Waals surface area (Å²) < 4.78 is 14.0. The second-order valence-corrected chi connectivity index (χ2v) is 4.87. The molecular formula is C15H20FN3. The zero-order chi connectivity index (χ0) is 14.0. The van der Waals surface area contributed by atoms with Gasteiger partial charge >= 0.3 is 0 Å². The van der Waals surface area contributed by atoms with Crippen molar-refractivity contribution in [2.24, 2.45) is 11.7 Å². The van der Waals surface area contributed by atoms with E-state index in [1.165, 1.54) is 6.08 Å². The second-order valence-electron chi connectivity index (χ2n) is 4.87. The number of nitrogens with one attached hydrogen (secondary N) is 2. The maximum Gasteiger partial charge on any atom is 0.142 e. The maximum absolute atomic E-state index is 14.0. The van der Waals surface area contributed by atoms with E-state index in [2.05, 4.69) is 17.2 Å². The summed E-state index contributed by atoms with van der Waals surface area (Å²) in [7, 11) is 1.87. The van der Waals surface area contributed by atoms with Crippen molar-refractivity contribution in [3.63, 3.8) is 0 Å². The molecule has 1 atom stereocenters. The van der Waals surface area contributed by atoms with E-state index < -0.39 is 0 Å². The number of hydrogen-bond donors (Lipinski definition) is 3. The first-order valence-electron chi connectivity index (χ1n) is 6.40. The molecule has 0 aromatic rings. The van der Waals surface area contributed by atoms with Crippen LogP contribution in [0.3, 0.4) is 0 Å². The topological polar surface area (TPSA) is 50.1 Å². The number of nitrogens with two attached hydrogens (primary N) is 1. The molecule has 0 aromatic carbocycles. The largest absolute Gasteiger partial charge is 0.397 e. The van der Waals surface area contributed by atoms with Gasteiger partial charge in [-0.3, -0.25) is 0 Å². The molecular weight excluding hydrogens is 241 g/mol. The van der Waals surface area contributed by atoms with Gasteiger partial charge in [-0.1, -0.05) is 25.7 Å². The molecule has 0 fully saturated rings. The maximum atomic E-state index is 14.0. The average Bonchev–Trinajstić information content (AvgIpc) is 2.58. The SMILES string of the molecule is C=C1C(N)=C(NC2=C(F)C=CC(CNC)=CC2)C1C. The molecule has 4 N–H and O–H groups in total. The summed E-state index contributed by atoms with van der Waals surface area (Å²) in [5, 5.41) is 6.18. The van der Waals surface area contributed by atoms with E-state index >= 15 is 0 Å². The Balaban J connectivity index is 2.14. The molecule has 2 rings (SSSR count). The highest BCUT2D eigenvalue weighted by Gasteiger charge is 2.29. The lowest BCUT2D eigenvalue weighted by Crippen LogP contribution is -2.33. The third kappa shape index (κ3) is 2.63. The first-order valence-corrected chi connectivity index (χ1v) is 6.40. The first-order chi connectivity index (χ1) is 9.04. The lowest BCUT2D eigenvalue weighted by Gasteiger charge is -2.32. The molecule has 102 valence electrons. The standard InChI is InChI=1S/C15H20FN3/c1-9-10(2)15(14(9)17)19-13-7-5-11(8-18-3)4-6-12(13)16/h4-6,10,18-19H,1,7-8,17H2,2-3H3. The quantitative estimate of drug-likeness (QED) is 0.727. The van der Waals surface area contributed by atoms with Gasteiger partial charge in [0, 0.05) is 24.6 Å². The lowest BCUT2D eigenvalue weighted by molar-refractivity contribution is 0.603. The van der Waals surface area contributed by atoms with Gasteiger partial charge in [0.15, 0.2) is 0 Å². The van der Waals surface area contributed by atoms with Crippen LogP contribution in [0.4, 0.5) is 4.39 Å². The van der Waals surface area contributed by atoms with Crippen LogP contribution in [0.5, 0.6) is 0 Å². The van der Waals surface area contributed by atoms with Crippen molar-refractivity contribution in [3.8, 4) is 0 Å². The molecule has 0 saturated heterocycles. The van der Waals surface area contributed by atoms with Gasteiger partial charge in [0.25, 0.3) is 0 Å². The molecule has 0 spiro atoms. The van der Waals surface area contributed by atoms with Crippen molar-refractivity contribution in [1.29, 1.82) is 0 Å². The molecule has 0 saturated carbocycles. The minimum absolute atomic E-state index is 0.174. The van der Waals surface area contributed by atoms with Crippen LogP contribution in [-0.2, 0) is 0 Å². The van der Waals surface area contributed by atoms with Gasteiger partial charge in [0.1, 0.15) is 5.83 Å². The summed E-state index contributed by atoms with van der Waals surface area (Å²) in [6, 6.07) is 0. The van der Waals surface area contributed by atoms with Crippen molar-refractivity contribution in [2.45, 2.75) is 13.3 Å². The van der Waals surface area contributed by atoms with Gasteiger partial charge in [-0.2, -0.15) is 0 Å². The van der Waals surface area contributed by atoms with E-state index in [1.54, 1.807) is 6.08 Å². The molecule has 2 aliphatic carbocycles. The molecule has 0 aromatic heterocycles. The van der Waals surface area contributed by atoms with Crippen LogP contribution in [0, 0.1) is 5.92 Å². The van der Waals surface area contributed by atoms with Gasteiger partial charge in [0.05, 0.1) is 11.4 Å². The highest BCUT2D eigenvalue weighted by atomic mass is 19.1. The third-order valence-corrected chi connectivity index (χ3v) is 3.56. The van der Waals surface area contributed by atoms with Crippen molar-refractivity contribution in [1.82, 2.24) is 10.6 Å². The van der Waals surface area contributed by atoms with Crippen molar-refractivity contribution >= 4 is 0 Å². The summed E-state index contributed by atoms with van der Waals surface area (Å²) in [5.74, 6) is -0.0688. The van der Waals surface area contributed by atoms with Gasteiger partial charge in [-0.15, -0.1) is 0 Å². The fraction of sp³-hybridized carbons (Fsp3) is 0.333. The predicted molar refractivity (Wildman–Crippen MR) is 76.6 cm³/mol. The summed E-state index contributed by atoms with van der Waals surface area (Å²) in [5.41, 5.74) is 9.93. The van der Waals surface area contributed by atoms with E-state index in [4.69, 9.17) is 5.73 Å². The van der Waals surface area contributed by atoms with Crippen LogP contribution < -0.4 is 16.4 Å². The lowest BCUT2D eigenvalue weighted by atomic mass is 9.83. The van der Waals surface area contributed by atoms with Crippen molar-refractivity contribution in [2.75, 3.05) is 13.6 Å². The monoisotopic (exact) mass is 261 g/mol. The Morgan fingerprint density at radius 2 is 2.21 bits per heavy atom.